The average molecular weight is 264 g/mol. The van der Waals surface area contributed by atoms with Crippen molar-refractivity contribution in [2.45, 2.75) is 20.4 Å². The minimum absolute atomic E-state index is 0.000788. The number of carbonyl (C=O) groups excluding carboxylic acids is 2. The molecule has 1 aromatic rings. The summed E-state index contributed by atoms with van der Waals surface area (Å²) in [7, 11) is 0. The molecule has 2 amide bonds. The molecule has 0 saturated heterocycles. The molecule has 6 nitrogen and oxygen atoms in total. The number of likely N-dealkylation sites (N-methyl/N-ethyl adjacent to an activating group) is 1. The molecule has 0 aliphatic rings. The van der Waals surface area contributed by atoms with Crippen LogP contribution in [0.5, 0.6) is 0 Å². The van der Waals surface area contributed by atoms with Crippen molar-refractivity contribution in [3.8, 4) is 0 Å². The van der Waals surface area contributed by atoms with E-state index in [1.807, 2.05) is 13.8 Å². The van der Waals surface area contributed by atoms with Crippen LogP contribution in [0.1, 0.15) is 29.9 Å². The van der Waals surface area contributed by atoms with Gasteiger partial charge in [0.15, 0.2) is 0 Å². The molecule has 0 unspecified atom stereocenters. The number of hydrogen-bond acceptors (Lipinski definition) is 4. The van der Waals surface area contributed by atoms with Gasteiger partial charge in [-0.05, 0) is 26.0 Å². The first-order valence-electron chi connectivity index (χ1n) is 6.33. The molecule has 0 saturated carbocycles. The second kappa shape index (κ2) is 7.48. The van der Waals surface area contributed by atoms with Crippen LogP contribution in [0.4, 0.5) is 0 Å². The van der Waals surface area contributed by atoms with Gasteiger partial charge in [0.25, 0.3) is 5.91 Å². The first-order valence-corrected chi connectivity index (χ1v) is 6.33. The maximum atomic E-state index is 11.9. The molecule has 0 aromatic carbocycles. The van der Waals surface area contributed by atoms with E-state index in [0.717, 1.165) is 0 Å². The summed E-state index contributed by atoms with van der Waals surface area (Å²) in [6.07, 6.45) is 1.53. The Labute approximate surface area is 113 Å². The molecule has 0 atom stereocenters. The van der Waals surface area contributed by atoms with Crippen LogP contribution in [-0.4, -0.2) is 41.3 Å². The van der Waals surface area contributed by atoms with Crippen molar-refractivity contribution in [3.05, 3.63) is 29.6 Å². The number of rotatable bonds is 6. The highest BCUT2D eigenvalue weighted by Gasteiger charge is 2.12. The largest absolute Gasteiger partial charge is 0.343 e. The number of amides is 2. The topological polar surface area (TPSA) is 88.3 Å². The lowest BCUT2D eigenvalue weighted by atomic mass is 10.2. The quantitative estimate of drug-likeness (QED) is 0.765. The summed E-state index contributed by atoms with van der Waals surface area (Å²) in [5.41, 5.74) is 6.56. The van der Waals surface area contributed by atoms with Crippen LogP contribution in [-0.2, 0) is 11.3 Å². The molecule has 0 fully saturated rings. The van der Waals surface area contributed by atoms with Crippen LogP contribution in [0.15, 0.2) is 18.3 Å². The van der Waals surface area contributed by atoms with Crippen molar-refractivity contribution < 1.29 is 9.59 Å². The maximum Gasteiger partial charge on any atom is 0.251 e. The number of pyridine rings is 1. The van der Waals surface area contributed by atoms with Crippen LogP contribution in [0.25, 0.3) is 0 Å². The standard InChI is InChI=1S/C13H20N4O2/c1-3-17(4-2)12(18)9-16-13(19)10-5-6-15-11(7-10)8-14/h5-7H,3-4,8-9,14H2,1-2H3,(H,16,19). The summed E-state index contributed by atoms with van der Waals surface area (Å²) in [5.74, 6) is -0.385. The minimum Gasteiger partial charge on any atom is -0.343 e. The van der Waals surface area contributed by atoms with E-state index < -0.39 is 0 Å². The summed E-state index contributed by atoms with van der Waals surface area (Å²) in [6, 6.07) is 3.22. The number of hydrogen-bond donors (Lipinski definition) is 2. The monoisotopic (exact) mass is 264 g/mol. The fourth-order valence-electron chi connectivity index (χ4n) is 1.68. The Kier molecular flexibility index (Phi) is 5.95. The first-order chi connectivity index (χ1) is 9.12. The summed E-state index contributed by atoms with van der Waals surface area (Å²) in [5, 5.41) is 2.60. The Balaban J connectivity index is 2.57. The lowest BCUT2D eigenvalue weighted by molar-refractivity contribution is -0.129. The van der Waals surface area contributed by atoms with Crippen LogP contribution < -0.4 is 11.1 Å². The van der Waals surface area contributed by atoms with E-state index >= 15 is 0 Å². The Morgan fingerprint density at radius 3 is 2.63 bits per heavy atom. The van der Waals surface area contributed by atoms with Crippen molar-refractivity contribution >= 4 is 11.8 Å². The van der Waals surface area contributed by atoms with E-state index in [2.05, 4.69) is 10.3 Å². The molecule has 1 aromatic heterocycles. The molecule has 0 bridgehead atoms. The Hall–Kier alpha value is -1.95. The van der Waals surface area contributed by atoms with E-state index in [4.69, 9.17) is 5.73 Å². The molecule has 104 valence electrons. The molecule has 3 N–H and O–H groups in total. The van der Waals surface area contributed by atoms with E-state index in [-0.39, 0.29) is 24.9 Å². The Bertz CT molecular complexity index is 444. The van der Waals surface area contributed by atoms with Gasteiger partial charge in [0, 0.05) is 31.4 Å². The van der Waals surface area contributed by atoms with Gasteiger partial charge in [-0.15, -0.1) is 0 Å². The molecule has 0 aliphatic heterocycles. The fourth-order valence-corrected chi connectivity index (χ4v) is 1.68. The van der Waals surface area contributed by atoms with Crippen molar-refractivity contribution in [2.24, 2.45) is 5.73 Å². The smallest absolute Gasteiger partial charge is 0.251 e. The highest BCUT2D eigenvalue weighted by Crippen LogP contribution is 2.01. The lowest BCUT2D eigenvalue weighted by Crippen LogP contribution is -2.40. The first kappa shape index (κ1) is 15.1. The van der Waals surface area contributed by atoms with Crippen molar-refractivity contribution in [3.63, 3.8) is 0 Å². The average Bonchev–Trinajstić information content (AvgIpc) is 2.46. The zero-order chi connectivity index (χ0) is 14.3. The third-order valence-electron chi connectivity index (χ3n) is 2.80. The predicted molar refractivity (Wildman–Crippen MR) is 72.4 cm³/mol. The summed E-state index contributed by atoms with van der Waals surface area (Å²) in [6.45, 7) is 5.36. The van der Waals surface area contributed by atoms with Crippen LogP contribution in [0.3, 0.4) is 0 Å². The zero-order valence-corrected chi connectivity index (χ0v) is 11.3. The number of nitrogens with two attached hydrogens (primary N) is 1. The summed E-state index contributed by atoms with van der Waals surface area (Å²) < 4.78 is 0. The third kappa shape index (κ3) is 4.33. The van der Waals surface area contributed by atoms with E-state index in [9.17, 15) is 9.59 Å². The molecular formula is C13H20N4O2. The van der Waals surface area contributed by atoms with Gasteiger partial charge in [-0.25, -0.2) is 0 Å². The molecule has 1 heterocycles. The number of carbonyl (C=O) groups is 2. The molecule has 1 rings (SSSR count). The van der Waals surface area contributed by atoms with Crippen LogP contribution in [0.2, 0.25) is 0 Å². The molecular weight excluding hydrogens is 244 g/mol. The van der Waals surface area contributed by atoms with Gasteiger partial charge < -0.3 is 16.0 Å². The number of nitrogens with zero attached hydrogens (tertiary/aromatic N) is 2. The molecule has 6 heteroatoms. The van der Waals surface area contributed by atoms with Crippen molar-refractivity contribution in [1.29, 1.82) is 0 Å². The van der Waals surface area contributed by atoms with Gasteiger partial charge in [0.2, 0.25) is 5.91 Å². The lowest BCUT2D eigenvalue weighted by Gasteiger charge is -2.18. The molecule has 0 spiro atoms. The minimum atomic E-state index is -0.294. The number of nitrogens with one attached hydrogen (secondary N) is 1. The van der Waals surface area contributed by atoms with Gasteiger partial charge in [0.05, 0.1) is 12.2 Å². The van der Waals surface area contributed by atoms with Crippen molar-refractivity contribution in [1.82, 2.24) is 15.2 Å². The summed E-state index contributed by atoms with van der Waals surface area (Å²) in [4.78, 5) is 29.3. The Morgan fingerprint density at radius 2 is 2.05 bits per heavy atom. The van der Waals surface area contributed by atoms with Gasteiger partial charge in [0.1, 0.15) is 0 Å². The van der Waals surface area contributed by atoms with Gasteiger partial charge in [-0.1, -0.05) is 0 Å². The van der Waals surface area contributed by atoms with Crippen LogP contribution in [0, 0.1) is 0 Å². The van der Waals surface area contributed by atoms with Gasteiger partial charge in [-0.2, -0.15) is 0 Å². The highest BCUT2D eigenvalue weighted by atomic mass is 16.2. The van der Waals surface area contributed by atoms with E-state index in [1.165, 1.54) is 6.20 Å². The molecule has 0 aliphatic carbocycles. The predicted octanol–water partition coefficient (Wildman–Crippen LogP) is 0.139. The van der Waals surface area contributed by atoms with Crippen molar-refractivity contribution in [2.75, 3.05) is 19.6 Å². The normalized spacial score (nSPS) is 10.1. The zero-order valence-electron chi connectivity index (χ0n) is 11.3. The van der Waals surface area contributed by atoms with E-state index in [1.54, 1.807) is 17.0 Å². The van der Waals surface area contributed by atoms with Gasteiger partial charge in [-0.3, -0.25) is 14.6 Å². The van der Waals surface area contributed by atoms with E-state index in [0.29, 0.717) is 24.3 Å². The maximum absolute atomic E-state index is 11.9. The molecule has 19 heavy (non-hydrogen) atoms. The fraction of sp³-hybridized carbons (Fsp3) is 0.462. The number of aromatic nitrogens is 1. The third-order valence-corrected chi connectivity index (χ3v) is 2.80. The summed E-state index contributed by atoms with van der Waals surface area (Å²) >= 11 is 0. The second-order valence-corrected chi connectivity index (χ2v) is 3.99. The Morgan fingerprint density at radius 1 is 1.37 bits per heavy atom. The van der Waals surface area contributed by atoms with Gasteiger partial charge >= 0.3 is 0 Å². The SMILES string of the molecule is CCN(CC)C(=O)CNC(=O)c1ccnc(CN)c1. The highest BCUT2D eigenvalue weighted by molar-refractivity contribution is 5.96. The second-order valence-electron chi connectivity index (χ2n) is 3.99. The van der Waals surface area contributed by atoms with Crippen LogP contribution >= 0.6 is 0 Å². The molecule has 0 radical (unpaired) electrons.